The molecule has 0 atom stereocenters. The van der Waals surface area contributed by atoms with Crippen LogP contribution in [0.25, 0.3) is 0 Å². The lowest BCUT2D eigenvalue weighted by Gasteiger charge is -2.04. The zero-order valence-corrected chi connectivity index (χ0v) is 9.78. The van der Waals surface area contributed by atoms with Gasteiger partial charge in [-0.25, -0.2) is 8.42 Å². The number of nitrogens with zero attached hydrogens (tertiary/aromatic N) is 2. The minimum Gasteiger partial charge on any atom is -0.394 e. The minimum atomic E-state index is -3.59. The van der Waals surface area contributed by atoms with E-state index in [9.17, 15) is 8.42 Å². The van der Waals surface area contributed by atoms with Gasteiger partial charge in [0.05, 0.1) is 11.9 Å². The van der Waals surface area contributed by atoms with Crippen LogP contribution in [-0.4, -0.2) is 23.8 Å². The number of aromatic amines is 1. The van der Waals surface area contributed by atoms with Crippen molar-refractivity contribution in [3.63, 3.8) is 0 Å². The van der Waals surface area contributed by atoms with Gasteiger partial charge in [0, 0.05) is 6.07 Å². The number of sulfonamides is 1. The van der Waals surface area contributed by atoms with Gasteiger partial charge in [-0.2, -0.15) is 5.10 Å². The molecule has 4 N–H and O–H groups in total. The summed E-state index contributed by atoms with van der Waals surface area (Å²) in [5.41, 5.74) is 6.04. The van der Waals surface area contributed by atoms with Gasteiger partial charge >= 0.3 is 0 Å². The SMILES string of the molecule is Cc1cc(CS(=O)(=O)Nc2[nH]ncc2N)no1. The normalized spacial score (nSPS) is 11.6. The molecule has 0 fully saturated rings. The molecule has 0 radical (unpaired) electrons. The summed E-state index contributed by atoms with van der Waals surface area (Å²) in [6.07, 6.45) is 1.32. The Labute approximate surface area is 97.2 Å². The fourth-order valence-corrected chi connectivity index (χ4v) is 2.32. The van der Waals surface area contributed by atoms with Crippen molar-refractivity contribution >= 4 is 21.5 Å². The van der Waals surface area contributed by atoms with Crippen molar-refractivity contribution in [1.29, 1.82) is 0 Å². The molecule has 92 valence electrons. The van der Waals surface area contributed by atoms with Gasteiger partial charge in [-0.05, 0) is 6.92 Å². The molecule has 0 bridgehead atoms. The third-order valence-corrected chi connectivity index (χ3v) is 3.13. The summed E-state index contributed by atoms with van der Waals surface area (Å²) in [7, 11) is -3.59. The molecule has 2 rings (SSSR count). The average Bonchev–Trinajstić information content (AvgIpc) is 2.76. The largest absolute Gasteiger partial charge is 0.394 e. The first-order valence-corrected chi connectivity index (χ1v) is 6.33. The maximum atomic E-state index is 11.7. The molecular weight excluding hydrogens is 246 g/mol. The Morgan fingerprint density at radius 1 is 1.59 bits per heavy atom. The molecular formula is C8H11N5O3S. The Morgan fingerprint density at radius 2 is 2.35 bits per heavy atom. The molecule has 0 amide bonds. The monoisotopic (exact) mass is 257 g/mol. The summed E-state index contributed by atoms with van der Waals surface area (Å²) in [4.78, 5) is 0. The lowest BCUT2D eigenvalue weighted by molar-refractivity contribution is 0.392. The van der Waals surface area contributed by atoms with Crippen LogP contribution < -0.4 is 10.5 Å². The van der Waals surface area contributed by atoms with Gasteiger partial charge in [0.25, 0.3) is 0 Å². The first kappa shape index (κ1) is 11.5. The quantitative estimate of drug-likeness (QED) is 0.719. The van der Waals surface area contributed by atoms with E-state index >= 15 is 0 Å². The van der Waals surface area contributed by atoms with E-state index in [0.717, 1.165) is 0 Å². The number of nitrogens with one attached hydrogen (secondary N) is 2. The molecule has 0 aromatic carbocycles. The summed E-state index contributed by atoms with van der Waals surface area (Å²) >= 11 is 0. The molecule has 0 unspecified atom stereocenters. The Hall–Kier alpha value is -2.03. The highest BCUT2D eigenvalue weighted by atomic mass is 32.2. The Balaban J connectivity index is 2.12. The summed E-state index contributed by atoms with van der Waals surface area (Å²) in [5, 5.41) is 9.65. The first-order chi connectivity index (χ1) is 7.96. The number of hydrogen-bond donors (Lipinski definition) is 3. The van der Waals surface area contributed by atoms with Crippen molar-refractivity contribution < 1.29 is 12.9 Å². The van der Waals surface area contributed by atoms with Gasteiger partial charge in [0.15, 0.2) is 5.82 Å². The fourth-order valence-electron chi connectivity index (χ4n) is 1.25. The standard InChI is InChI=1S/C8H11N5O3S/c1-5-2-6(12-16-5)4-17(14,15)13-8-7(9)3-10-11-8/h2-3H,4,9H2,1H3,(H2,10,11,13). The third kappa shape index (κ3) is 2.75. The van der Waals surface area contributed by atoms with Crippen LogP contribution in [0.3, 0.4) is 0 Å². The lowest BCUT2D eigenvalue weighted by atomic mass is 10.4. The number of nitrogen functional groups attached to an aromatic ring is 1. The van der Waals surface area contributed by atoms with Crippen molar-refractivity contribution in [2.24, 2.45) is 0 Å². The molecule has 2 aromatic heterocycles. The molecule has 0 saturated heterocycles. The van der Waals surface area contributed by atoms with Crippen molar-refractivity contribution in [2.45, 2.75) is 12.7 Å². The van der Waals surface area contributed by atoms with E-state index in [-0.39, 0.29) is 17.3 Å². The first-order valence-electron chi connectivity index (χ1n) is 4.68. The van der Waals surface area contributed by atoms with Crippen LogP contribution in [0.2, 0.25) is 0 Å². The van der Waals surface area contributed by atoms with Crippen molar-refractivity contribution in [3.8, 4) is 0 Å². The number of H-pyrrole nitrogens is 1. The zero-order chi connectivity index (χ0) is 12.5. The second kappa shape index (κ2) is 4.09. The topological polar surface area (TPSA) is 127 Å². The van der Waals surface area contributed by atoms with Crippen LogP contribution >= 0.6 is 0 Å². The van der Waals surface area contributed by atoms with Crippen LogP contribution in [0.5, 0.6) is 0 Å². The van der Waals surface area contributed by atoms with E-state index in [2.05, 4.69) is 20.1 Å². The molecule has 0 spiro atoms. The second-order valence-electron chi connectivity index (χ2n) is 3.49. The van der Waals surface area contributed by atoms with Crippen molar-refractivity contribution in [2.75, 3.05) is 10.5 Å². The second-order valence-corrected chi connectivity index (χ2v) is 5.21. The molecule has 8 nitrogen and oxygen atoms in total. The van der Waals surface area contributed by atoms with Crippen LogP contribution in [0, 0.1) is 6.92 Å². The number of rotatable bonds is 4. The molecule has 0 aliphatic rings. The number of anilines is 2. The van der Waals surface area contributed by atoms with Gasteiger partial charge in [-0.1, -0.05) is 5.16 Å². The molecule has 0 aliphatic carbocycles. The lowest BCUT2D eigenvalue weighted by Crippen LogP contribution is -2.16. The van der Waals surface area contributed by atoms with Gasteiger partial charge in [-0.15, -0.1) is 0 Å². The van der Waals surface area contributed by atoms with Gasteiger partial charge in [0.2, 0.25) is 10.0 Å². The summed E-state index contributed by atoms with van der Waals surface area (Å²) in [6, 6.07) is 1.55. The van der Waals surface area contributed by atoms with Crippen LogP contribution in [0.4, 0.5) is 11.5 Å². The number of aromatic nitrogens is 3. The van der Waals surface area contributed by atoms with Crippen LogP contribution in [0.1, 0.15) is 11.5 Å². The molecule has 2 heterocycles. The van der Waals surface area contributed by atoms with Crippen molar-refractivity contribution in [1.82, 2.24) is 15.4 Å². The number of nitrogens with two attached hydrogens (primary N) is 1. The van der Waals surface area contributed by atoms with Crippen molar-refractivity contribution in [3.05, 3.63) is 23.7 Å². The van der Waals surface area contributed by atoms with E-state index in [0.29, 0.717) is 11.5 Å². The van der Waals surface area contributed by atoms with E-state index in [1.54, 1.807) is 13.0 Å². The third-order valence-electron chi connectivity index (χ3n) is 1.94. The predicted octanol–water partition coefficient (Wildman–Crippen LogP) is 0.230. The molecule has 9 heteroatoms. The van der Waals surface area contributed by atoms with E-state index in [1.807, 2.05) is 0 Å². The summed E-state index contributed by atoms with van der Waals surface area (Å²) < 4.78 is 30.5. The van der Waals surface area contributed by atoms with Crippen LogP contribution in [-0.2, 0) is 15.8 Å². The molecule has 0 saturated carbocycles. The molecule has 0 aliphatic heterocycles. The summed E-state index contributed by atoms with van der Waals surface area (Å²) in [5.74, 6) is 0.407. The molecule has 2 aromatic rings. The minimum absolute atomic E-state index is 0.144. The average molecular weight is 257 g/mol. The highest BCUT2D eigenvalue weighted by Crippen LogP contribution is 2.16. The Kier molecular flexibility index (Phi) is 2.76. The maximum absolute atomic E-state index is 11.7. The highest BCUT2D eigenvalue weighted by Gasteiger charge is 2.16. The van der Waals surface area contributed by atoms with E-state index in [1.165, 1.54) is 6.20 Å². The van der Waals surface area contributed by atoms with E-state index < -0.39 is 10.0 Å². The number of hydrogen-bond acceptors (Lipinski definition) is 6. The molecule has 17 heavy (non-hydrogen) atoms. The Bertz CT molecular complexity index is 615. The van der Waals surface area contributed by atoms with Gasteiger partial charge in [0.1, 0.15) is 17.2 Å². The van der Waals surface area contributed by atoms with E-state index in [4.69, 9.17) is 10.3 Å². The zero-order valence-electron chi connectivity index (χ0n) is 8.97. The summed E-state index contributed by atoms with van der Waals surface area (Å²) in [6.45, 7) is 1.68. The highest BCUT2D eigenvalue weighted by molar-refractivity contribution is 7.91. The predicted molar refractivity (Wildman–Crippen MR) is 60.5 cm³/mol. The Morgan fingerprint density at radius 3 is 2.88 bits per heavy atom. The van der Waals surface area contributed by atoms with Gasteiger partial charge < -0.3 is 10.3 Å². The number of aryl methyl sites for hydroxylation is 1. The smallest absolute Gasteiger partial charge is 0.239 e. The maximum Gasteiger partial charge on any atom is 0.239 e. The van der Waals surface area contributed by atoms with Crippen LogP contribution in [0.15, 0.2) is 16.8 Å². The fraction of sp³-hybridized carbons (Fsp3) is 0.250. The van der Waals surface area contributed by atoms with Gasteiger partial charge in [-0.3, -0.25) is 9.82 Å².